The quantitative estimate of drug-likeness (QED) is 0.876. The summed E-state index contributed by atoms with van der Waals surface area (Å²) in [6.07, 6.45) is 6.16. The summed E-state index contributed by atoms with van der Waals surface area (Å²) in [6, 6.07) is 0.532. The number of halogens is 2. The number of nitrogens with zero attached hydrogens (tertiary/aromatic N) is 4. The summed E-state index contributed by atoms with van der Waals surface area (Å²) in [5, 5.41) is 7.33. The summed E-state index contributed by atoms with van der Waals surface area (Å²) in [6.45, 7) is 5.20. The molecule has 1 aromatic heterocycles. The van der Waals surface area contributed by atoms with Crippen LogP contribution in [-0.2, 0) is 11.8 Å². The van der Waals surface area contributed by atoms with Gasteiger partial charge >= 0.3 is 0 Å². The molecule has 0 bridgehead atoms. The molecular weight excluding hydrogens is 337 g/mol. The first-order chi connectivity index (χ1) is 10.1. The smallest absolute Gasteiger partial charge is 0.244 e. The molecule has 2 fully saturated rings. The number of rotatable bonds is 3. The van der Waals surface area contributed by atoms with Crippen LogP contribution in [0.25, 0.3) is 0 Å². The van der Waals surface area contributed by atoms with Crippen LogP contribution in [0.4, 0.5) is 0 Å². The van der Waals surface area contributed by atoms with Gasteiger partial charge in [0.2, 0.25) is 5.91 Å². The number of likely N-dealkylation sites (N-methyl/N-ethyl adjacent to an activating group) is 1. The van der Waals surface area contributed by atoms with Crippen molar-refractivity contribution >= 4 is 30.7 Å². The van der Waals surface area contributed by atoms with Crippen molar-refractivity contribution in [3.05, 3.63) is 18.0 Å². The Labute approximate surface area is 150 Å². The Morgan fingerprint density at radius 2 is 2.13 bits per heavy atom. The minimum absolute atomic E-state index is 0. The normalized spacial score (nSPS) is 25.3. The fraction of sp³-hybridized carbons (Fsp3) is 0.733. The number of carbonyl (C=O) groups is 1. The fourth-order valence-electron chi connectivity index (χ4n) is 3.68. The van der Waals surface area contributed by atoms with Crippen molar-refractivity contribution in [2.75, 3.05) is 26.7 Å². The SMILES string of the molecule is CNC(C(=O)N1CC2CCCN2CC1C)c1cnn(C)c1.Cl.Cl. The number of piperazine rings is 1. The van der Waals surface area contributed by atoms with Gasteiger partial charge in [0.15, 0.2) is 0 Å². The number of hydrogen-bond donors (Lipinski definition) is 1. The molecule has 3 rings (SSSR count). The van der Waals surface area contributed by atoms with E-state index in [0.717, 1.165) is 18.7 Å². The maximum atomic E-state index is 12.9. The highest BCUT2D eigenvalue weighted by Gasteiger charge is 2.38. The maximum absolute atomic E-state index is 12.9. The third kappa shape index (κ3) is 3.99. The van der Waals surface area contributed by atoms with Crippen molar-refractivity contribution in [2.45, 2.75) is 37.9 Å². The Morgan fingerprint density at radius 3 is 2.74 bits per heavy atom. The molecule has 1 amide bonds. The highest BCUT2D eigenvalue weighted by Crippen LogP contribution is 2.26. The minimum Gasteiger partial charge on any atom is -0.335 e. The second-order valence-corrected chi connectivity index (χ2v) is 6.30. The van der Waals surface area contributed by atoms with Crippen LogP contribution in [0.1, 0.15) is 31.4 Å². The van der Waals surface area contributed by atoms with Gasteiger partial charge in [0.25, 0.3) is 0 Å². The van der Waals surface area contributed by atoms with Gasteiger partial charge in [0.1, 0.15) is 6.04 Å². The highest BCUT2D eigenvalue weighted by atomic mass is 35.5. The Morgan fingerprint density at radius 1 is 1.39 bits per heavy atom. The molecule has 2 aliphatic rings. The number of amides is 1. The lowest BCUT2D eigenvalue weighted by atomic mass is 10.0. The van der Waals surface area contributed by atoms with Gasteiger partial charge in [-0.3, -0.25) is 14.4 Å². The first-order valence-corrected chi connectivity index (χ1v) is 7.80. The van der Waals surface area contributed by atoms with Gasteiger partial charge in [-0.25, -0.2) is 0 Å². The molecule has 1 N–H and O–H groups in total. The average molecular weight is 364 g/mol. The zero-order valence-corrected chi connectivity index (χ0v) is 15.6. The molecule has 23 heavy (non-hydrogen) atoms. The van der Waals surface area contributed by atoms with E-state index in [1.807, 2.05) is 20.3 Å². The summed E-state index contributed by atoms with van der Waals surface area (Å²) in [5.41, 5.74) is 0.936. The molecule has 2 saturated heterocycles. The van der Waals surface area contributed by atoms with Crippen LogP contribution in [0.3, 0.4) is 0 Å². The molecule has 0 aromatic carbocycles. The Kier molecular flexibility index (Phi) is 7.32. The molecule has 132 valence electrons. The van der Waals surface area contributed by atoms with E-state index >= 15 is 0 Å². The number of aromatic nitrogens is 2. The van der Waals surface area contributed by atoms with E-state index in [-0.39, 0.29) is 42.8 Å². The van der Waals surface area contributed by atoms with Gasteiger partial charge < -0.3 is 10.2 Å². The van der Waals surface area contributed by atoms with E-state index in [0.29, 0.717) is 6.04 Å². The zero-order chi connectivity index (χ0) is 15.0. The lowest BCUT2D eigenvalue weighted by Gasteiger charge is -2.43. The largest absolute Gasteiger partial charge is 0.335 e. The summed E-state index contributed by atoms with van der Waals surface area (Å²) >= 11 is 0. The topological polar surface area (TPSA) is 53.4 Å². The number of nitrogens with one attached hydrogen (secondary N) is 1. The van der Waals surface area contributed by atoms with Gasteiger partial charge in [-0.2, -0.15) is 5.10 Å². The molecule has 8 heteroatoms. The molecule has 2 aliphatic heterocycles. The van der Waals surface area contributed by atoms with Gasteiger partial charge in [0.05, 0.1) is 6.20 Å². The van der Waals surface area contributed by atoms with Gasteiger partial charge in [-0.1, -0.05) is 0 Å². The number of carbonyl (C=O) groups excluding carboxylic acids is 1. The lowest BCUT2D eigenvalue weighted by Crippen LogP contribution is -2.58. The molecule has 3 unspecified atom stereocenters. The van der Waals surface area contributed by atoms with Gasteiger partial charge in [-0.15, -0.1) is 24.8 Å². The predicted molar refractivity (Wildman–Crippen MR) is 95.3 cm³/mol. The maximum Gasteiger partial charge on any atom is 0.244 e. The van der Waals surface area contributed by atoms with Gasteiger partial charge in [-0.05, 0) is 33.4 Å². The van der Waals surface area contributed by atoms with E-state index in [1.165, 1.54) is 19.4 Å². The number of hydrogen-bond acceptors (Lipinski definition) is 4. The van der Waals surface area contributed by atoms with Crippen LogP contribution in [0.2, 0.25) is 0 Å². The van der Waals surface area contributed by atoms with E-state index in [9.17, 15) is 4.79 Å². The van der Waals surface area contributed by atoms with Crippen LogP contribution < -0.4 is 5.32 Å². The van der Waals surface area contributed by atoms with Crippen LogP contribution >= 0.6 is 24.8 Å². The molecule has 0 aliphatic carbocycles. The zero-order valence-electron chi connectivity index (χ0n) is 13.9. The van der Waals surface area contributed by atoms with Crippen molar-refractivity contribution in [1.29, 1.82) is 0 Å². The molecule has 0 radical (unpaired) electrons. The third-order valence-electron chi connectivity index (χ3n) is 4.81. The summed E-state index contributed by atoms with van der Waals surface area (Å²) in [4.78, 5) is 17.5. The lowest BCUT2D eigenvalue weighted by molar-refractivity contribution is -0.139. The van der Waals surface area contributed by atoms with Crippen LogP contribution in [-0.4, -0.2) is 64.3 Å². The van der Waals surface area contributed by atoms with E-state index < -0.39 is 0 Å². The summed E-state index contributed by atoms with van der Waals surface area (Å²) < 4.78 is 1.74. The first-order valence-electron chi connectivity index (χ1n) is 7.80. The highest BCUT2D eigenvalue weighted by molar-refractivity contribution is 5.85. The standard InChI is InChI=1S/C15H25N5O.2ClH/c1-11-8-19-6-4-5-13(19)10-20(11)15(21)14(16-2)12-7-17-18(3)9-12;;/h7,9,11,13-14,16H,4-6,8,10H2,1-3H3;2*1H. The average Bonchev–Trinajstić information content (AvgIpc) is 3.07. The fourth-order valence-corrected chi connectivity index (χ4v) is 3.68. The molecule has 3 heterocycles. The number of aryl methyl sites for hydroxylation is 1. The minimum atomic E-state index is -0.297. The van der Waals surface area contributed by atoms with Crippen LogP contribution in [0.15, 0.2) is 12.4 Å². The Balaban J connectivity index is 0.00000132. The van der Waals surface area contributed by atoms with Gasteiger partial charge in [0, 0.05) is 44.0 Å². The van der Waals surface area contributed by atoms with Crippen molar-refractivity contribution in [2.24, 2.45) is 7.05 Å². The molecule has 3 atom stereocenters. The second kappa shape index (κ2) is 8.33. The molecule has 6 nitrogen and oxygen atoms in total. The molecule has 1 aromatic rings. The van der Waals surface area contributed by atoms with Crippen molar-refractivity contribution in [3.63, 3.8) is 0 Å². The molecular formula is C15H27Cl2N5O. The third-order valence-corrected chi connectivity index (χ3v) is 4.81. The van der Waals surface area contributed by atoms with Crippen molar-refractivity contribution in [3.8, 4) is 0 Å². The van der Waals surface area contributed by atoms with Crippen molar-refractivity contribution < 1.29 is 4.79 Å². The molecule has 0 saturated carbocycles. The Hall–Kier alpha value is -0.820. The van der Waals surface area contributed by atoms with Crippen LogP contribution in [0.5, 0.6) is 0 Å². The first kappa shape index (κ1) is 20.2. The predicted octanol–water partition coefficient (Wildman–Crippen LogP) is 1.22. The second-order valence-electron chi connectivity index (χ2n) is 6.30. The van der Waals surface area contributed by atoms with E-state index in [4.69, 9.17) is 0 Å². The Bertz CT molecular complexity index is 524. The monoisotopic (exact) mass is 363 g/mol. The van der Waals surface area contributed by atoms with Crippen LogP contribution in [0, 0.1) is 0 Å². The van der Waals surface area contributed by atoms with E-state index in [2.05, 4.69) is 27.1 Å². The number of fused-ring (bicyclic) bond motifs is 1. The van der Waals surface area contributed by atoms with Crippen molar-refractivity contribution in [1.82, 2.24) is 24.9 Å². The summed E-state index contributed by atoms with van der Waals surface area (Å²) in [7, 11) is 3.71. The van der Waals surface area contributed by atoms with E-state index in [1.54, 1.807) is 10.9 Å². The summed E-state index contributed by atoms with van der Waals surface area (Å²) in [5.74, 6) is 0.171. The molecule has 0 spiro atoms.